The number of hydrogen-bond acceptors (Lipinski definition) is 4. The number of anilines is 1. The number of benzene rings is 1. The molecule has 2 atom stereocenters. The topological polar surface area (TPSA) is 62.8 Å². The third-order valence-corrected chi connectivity index (χ3v) is 4.05. The molecule has 2 N–H and O–H groups in total. The second-order valence-electron chi connectivity index (χ2n) is 6.01. The minimum absolute atomic E-state index is 0.0110. The zero-order valence-corrected chi connectivity index (χ0v) is 14.2. The van der Waals surface area contributed by atoms with Crippen LogP contribution in [0.15, 0.2) is 24.3 Å². The fourth-order valence-corrected chi connectivity index (χ4v) is 2.84. The molecular weight excluding hydrogens is 294 g/mol. The van der Waals surface area contributed by atoms with Gasteiger partial charge in [0.2, 0.25) is 0 Å². The van der Waals surface area contributed by atoms with Crippen molar-refractivity contribution in [2.24, 2.45) is 5.92 Å². The number of urea groups is 1. The van der Waals surface area contributed by atoms with Crippen LogP contribution in [0.2, 0.25) is 0 Å². The van der Waals surface area contributed by atoms with Crippen LogP contribution in [0.1, 0.15) is 13.3 Å². The summed E-state index contributed by atoms with van der Waals surface area (Å²) in [7, 11) is 3.31. The van der Waals surface area contributed by atoms with E-state index in [4.69, 9.17) is 9.47 Å². The average molecular weight is 321 g/mol. The van der Waals surface area contributed by atoms with Gasteiger partial charge in [-0.3, -0.25) is 0 Å². The molecule has 0 bridgehead atoms. The monoisotopic (exact) mass is 321 g/mol. The van der Waals surface area contributed by atoms with E-state index >= 15 is 0 Å². The van der Waals surface area contributed by atoms with Gasteiger partial charge in [-0.2, -0.15) is 0 Å². The summed E-state index contributed by atoms with van der Waals surface area (Å²) in [4.78, 5) is 14.1. The van der Waals surface area contributed by atoms with Gasteiger partial charge in [-0.25, -0.2) is 4.79 Å². The Hall–Kier alpha value is -1.95. The number of nitrogens with one attached hydrogen (secondary N) is 2. The molecule has 0 unspecified atom stereocenters. The summed E-state index contributed by atoms with van der Waals surface area (Å²) < 4.78 is 10.3. The van der Waals surface area contributed by atoms with E-state index in [9.17, 15) is 4.79 Å². The van der Waals surface area contributed by atoms with Crippen LogP contribution in [0.3, 0.4) is 0 Å². The molecule has 23 heavy (non-hydrogen) atoms. The van der Waals surface area contributed by atoms with Crippen molar-refractivity contribution in [1.29, 1.82) is 0 Å². The summed E-state index contributed by atoms with van der Waals surface area (Å²) in [6, 6.07) is 7.98. The lowest BCUT2D eigenvalue weighted by Crippen LogP contribution is -2.44. The lowest BCUT2D eigenvalue weighted by molar-refractivity contribution is 0.170. The zero-order chi connectivity index (χ0) is 16.7. The van der Waals surface area contributed by atoms with Gasteiger partial charge in [0.05, 0.1) is 19.8 Å². The number of amides is 2. The fraction of sp³-hybridized carbons (Fsp3) is 0.588. The minimum atomic E-state index is -0.130. The first-order valence-corrected chi connectivity index (χ1v) is 8.04. The molecule has 1 aliphatic heterocycles. The van der Waals surface area contributed by atoms with E-state index in [0.29, 0.717) is 19.1 Å². The third kappa shape index (κ3) is 5.32. The lowest BCUT2D eigenvalue weighted by atomic mass is 10.1. The lowest BCUT2D eigenvalue weighted by Gasteiger charge is -2.20. The Labute approximate surface area is 138 Å². The van der Waals surface area contributed by atoms with Crippen LogP contribution < -0.4 is 20.3 Å². The molecule has 0 spiro atoms. The molecule has 6 nitrogen and oxygen atoms in total. The van der Waals surface area contributed by atoms with Gasteiger partial charge in [0.15, 0.2) is 0 Å². The Bertz CT molecular complexity index is 510. The Morgan fingerprint density at radius 2 is 2.26 bits per heavy atom. The van der Waals surface area contributed by atoms with E-state index in [0.717, 1.165) is 25.3 Å². The summed E-state index contributed by atoms with van der Waals surface area (Å²) in [6.45, 7) is 5.07. The van der Waals surface area contributed by atoms with Gasteiger partial charge in [0.1, 0.15) is 5.75 Å². The van der Waals surface area contributed by atoms with Crippen LogP contribution in [0.5, 0.6) is 5.75 Å². The van der Waals surface area contributed by atoms with Crippen molar-refractivity contribution in [3.63, 3.8) is 0 Å². The highest BCUT2D eigenvalue weighted by molar-refractivity contribution is 5.74. The van der Waals surface area contributed by atoms with Gasteiger partial charge >= 0.3 is 6.03 Å². The number of hydrogen-bond donors (Lipinski definition) is 2. The van der Waals surface area contributed by atoms with E-state index in [1.807, 2.05) is 19.1 Å². The minimum Gasteiger partial charge on any atom is -0.497 e. The van der Waals surface area contributed by atoms with Crippen molar-refractivity contribution in [2.45, 2.75) is 19.4 Å². The second kappa shape index (κ2) is 8.62. The molecule has 1 fully saturated rings. The molecule has 1 heterocycles. The Balaban J connectivity index is 1.76. The molecule has 2 rings (SSSR count). The number of carbonyl (C=O) groups is 1. The highest BCUT2D eigenvalue weighted by Crippen LogP contribution is 2.26. The van der Waals surface area contributed by atoms with E-state index in [2.05, 4.69) is 27.7 Å². The first-order chi connectivity index (χ1) is 11.1. The van der Waals surface area contributed by atoms with Crippen LogP contribution >= 0.6 is 0 Å². The summed E-state index contributed by atoms with van der Waals surface area (Å²) in [5, 5.41) is 5.81. The maximum Gasteiger partial charge on any atom is 0.315 e. The van der Waals surface area contributed by atoms with Crippen LogP contribution in [0.4, 0.5) is 10.5 Å². The molecule has 0 radical (unpaired) electrons. The summed E-state index contributed by atoms with van der Waals surface area (Å²) in [5.74, 6) is 1.33. The van der Waals surface area contributed by atoms with Gasteiger partial charge in [-0.1, -0.05) is 6.07 Å². The normalized spacial score (nSPS) is 18.6. The molecule has 1 aromatic rings. The first kappa shape index (κ1) is 17.4. The van der Waals surface area contributed by atoms with Gasteiger partial charge < -0.3 is 25.0 Å². The van der Waals surface area contributed by atoms with Crippen LogP contribution in [-0.4, -0.2) is 52.5 Å². The smallest absolute Gasteiger partial charge is 0.315 e. The van der Waals surface area contributed by atoms with Gasteiger partial charge in [0, 0.05) is 38.5 Å². The number of carbonyl (C=O) groups excluding carboxylic acids is 1. The molecule has 1 saturated heterocycles. The third-order valence-electron chi connectivity index (χ3n) is 4.05. The van der Waals surface area contributed by atoms with E-state index < -0.39 is 0 Å². The average Bonchev–Trinajstić information content (AvgIpc) is 3.02. The molecule has 1 aliphatic rings. The van der Waals surface area contributed by atoms with Crippen molar-refractivity contribution >= 4 is 11.7 Å². The predicted molar refractivity (Wildman–Crippen MR) is 91.2 cm³/mol. The van der Waals surface area contributed by atoms with E-state index in [1.165, 1.54) is 5.69 Å². The van der Waals surface area contributed by atoms with Gasteiger partial charge in [-0.05, 0) is 31.4 Å². The van der Waals surface area contributed by atoms with Crippen molar-refractivity contribution in [3.8, 4) is 5.75 Å². The zero-order valence-electron chi connectivity index (χ0n) is 14.2. The molecule has 1 aromatic carbocycles. The molecule has 6 heteroatoms. The number of ether oxygens (including phenoxy) is 2. The highest BCUT2D eigenvalue weighted by Gasteiger charge is 2.23. The Morgan fingerprint density at radius 3 is 3.00 bits per heavy atom. The Morgan fingerprint density at radius 1 is 1.43 bits per heavy atom. The Kier molecular flexibility index (Phi) is 6.52. The predicted octanol–water partition coefficient (Wildman–Crippen LogP) is 1.86. The number of methoxy groups -OCH3 is 2. The van der Waals surface area contributed by atoms with Crippen LogP contribution in [0.25, 0.3) is 0 Å². The second-order valence-corrected chi connectivity index (χ2v) is 6.01. The van der Waals surface area contributed by atoms with Crippen molar-refractivity contribution in [1.82, 2.24) is 10.6 Å². The maximum atomic E-state index is 11.8. The molecule has 0 saturated carbocycles. The number of rotatable bonds is 7. The molecular formula is C17H27N3O3. The molecule has 0 aliphatic carbocycles. The largest absolute Gasteiger partial charge is 0.497 e. The van der Waals surface area contributed by atoms with Crippen LogP contribution in [-0.2, 0) is 4.74 Å². The summed E-state index contributed by atoms with van der Waals surface area (Å²) >= 11 is 0. The molecule has 0 aromatic heterocycles. The van der Waals surface area contributed by atoms with Crippen molar-refractivity contribution in [3.05, 3.63) is 24.3 Å². The van der Waals surface area contributed by atoms with Crippen molar-refractivity contribution < 1.29 is 14.3 Å². The van der Waals surface area contributed by atoms with E-state index in [1.54, 1.807) is 14.2 Å². The number of nitrogens with zero attached hydrogens (tertiary/aromatic N) is 1. The standard InChI is InChI=1S/C17H27N3O3/c1-13(12-22-2)19-17(21)18-10-14-7-8-20(11-14)15-5-4-6-16(9-15)23-3/h4-6,9,13-14H,7-8,10-12H2,1-3H3,(H2,18,19,21)/t13-,14-/m0/s1. The van der Waals surface area contributed by atoms with E-state index in [-0.39, 0.29) is 12.1 Å². The van der Waals surface area contributed by atoms with Gasteiger partial charge in [-0.15, -0.1) is 0 Å². The van der Waals surface area contributed by atoms with Crippen molar-refractivity contribution in [2.75, 3.05) is 45.4 Å². The molecule has 128 valence electrons. The van der Waals surface area contributed by atoms with Crippen LogP contribution in [0, 0.1) is 5.92 Å². The fourth-order valence-electron chi connectivity index (χ4n) is 2.84. The molecule has 2 amide bonds. The maximum absolute atomic E-state index is 11.8. The summed E-state index contributed by atoms with van der Waals surface area (Å²) in [5.41, 5.74) is 1.17. The quantitative estimate of drug-likeness (QED) is 0.804. The summed E-state index contributed by atoms with van der Waals surface area (Å²) in [6.07, 6.45) is 1.07. The van der Waals surface area contributed by atoms with Gasteiger partial charge in [0.25, 0.3) is 0 Å². The first-order valence-electron chi connectivity index (χ1n) is 8.04. The SMILES string of the molecule is COC[C@H](C)NC(=O)NC[C@@H]1CCN(c2cccc(OC)c2)C1. The highest BCUT2D eigenvalue weighted by atomic mass is 16.5.